The summed E-state index contributed by atoms with van der Waals surface area (Å²) in [6, 6.07) is 20.9. The Morgan fingerprint density at radius 2 is 1.32 bits per heavy atom. The summed E-state index contributed by atoms with van der Waals surface area (Å²) in [6.07, 6.45) is 4.35. The highest BCUT2D eigenvalue weighted by Crippen LogP contribution is 2.36. The number of rotatable bonds is 11. The summed E-state index contributed by atoms with van der Waals surface area (Å²) in [7, 11) is 3.30. The zero-order valence-electron chi connectivity index (χ0n) is 22.0. The second-order valence-corrected chi connectivity index (χ2v) is 9.48. The maximum atomic E-state index is 12.9. The molecule has 0 spiro atoms. The molecule has 0 atom stereocenters. The SMILES string of the molecule is COc1ccc(COc2ccc3c(=O)ccn(CCN4CCCC4)c3c2OCc2ccc(OC)cc2)cc1. The lowest BCUT2D eigenvalue weighted by Crippen LogP contribution is -2.25. The van der Waals surface area contributed by atoms with Crippen molar-refractivity contribution in [2.45, 2.75) is 32.6 Å². The number of fused-ring (bicyclic) bond motifs is 1. The monoisotopic (exact) mass is 514 g/mol. The number of hydrogen-bond donors (Lipinski definition) is 0. The van der Waals surface area contributed by atoms with Crippen molar-refractivity contribution in [1.82, 2.24) is 9.47 Å². The third-order valence-electron chi connectivity index (χ3n) is 7.01. The largest absolute Gasteiger partial charge is 0.497 e. The van der Waals surface area contributed by atoms with Gasteiger partial charge >= 0.3 is 0 Å². The molecule has 1 aliphatic rings. The number of pyridine rings is 1. The Hall–Kier alpha value is -3.97. The highest BCUT2D eigenvalue weighted by molar-refractivity contribution is 5.87. The maximum absolute atomic E-state index is 12.9. The van der Waals surface area contributed by atoms with Crippen LogP contribution in [-0.4, -0.2) is 43.3 Å². The Balaban J connectivity index is 1.48. The van der Waals surface area contributed by atoms with Gasteiger partial charge in [0.1, 0.15) is 24.7 Å². The smallest absolute Gasteiger partial charge is 0.189 e. The van der Waals surface area contributed by atoms with Gasteiger partial charge in [-0.05, 0) is 73.5 Å². The van der Waals surface area contributed by atoms with Crippen LogP contribution in [0.25, 0.3) is 10.9 Å². The van der Waals surface area contributed by atoms with Gasteiger partial charge in [-0.2, -0.15) is 0 Å². The van der Waals surface area contributed by atoms with Gasteiger partial charge in [0.25, 0.3) is 0 Å². The molecule has 38 heavy (non-hydrogen) atoms. The number of likely N-dealkylation sites (tertiary alicyclic amines) is 1. The van der Waals surface area contributed by atoms with Crippen LogP contribution in [-0.2, 0) is 19.8 Å². The van der Waals surface area contributed by atoms with Crippen LogP contribution in [0.15, 0.2) is 77.7 Å². The van der Waals surface area contributed by atoms with Crippen molar-refractivity contribution in [3.63, 3.8) is 0 Å². The molecular formula is C31H34N2O5. The lowest BCUT2D eigenvalue weighted by atomic mass is 10.1. The zero-order valence-corrected chi connectivity index (χ0v) is 22.0. The summed E-state index contributed by atoms with van der Waals surface area (Å²) in [6.45, 7) is 4.62. The van der Waals surface area contributed by atoms with Gasteiger partial charge in [-0.1, -0.05) is 24.3 Å². The number of ether oxygens (including phenoxy) is 4. The lowest BCUT2D eigenvalue weighted by Gasteiger charge is -2.21. The normalized spacial score (nSPS) is 13.5. The Labute approximate surface area is 223 Å². The average molecular weight is 515 g/mol. The Morgan fingerprint density at radius 1 is 0.711 bits per heavy atom. The molecule has 0 amide bonds. The van der Waals surface area contributed by atoms with Crippen molar-refractivity contribution in [3.05, 3.63) is 94.3 Å². The van der Waals surface area contributed by atoms with Gasteiger partial charge < -0.3 is 28.4 Å². The van der Waals surface area contributed by atoms with Crippen LogP contribution in [0.3, 0.4) is 0 Å². The molecule has 0 saturated carbocycles. The minimum Gasteiger partial charge on any atom is -0.497 e. The first kappa shape index (κ1) is 25.7. The van der Waals surface area contributed by atoms with Gasteiger partial charge in [-0.3, -0.25) is 4.79 Å². The van der Waals surface area contributed by atoms with Crippen molar-refractivity contribution in [3.8, 4) is 23.0 Å². The van der Waals surface area contributed by atoms with Gasteiger partial charge in [-0.25, -0.2) is 0 Å². The average Bonchev–Trinajstić information content (AvgIpc) is 3.49. The number of nitrogens with zero attached hydrogens (tertiary/aromatic N) is 2. The van der Waals surface area contributed by atoms with Crippen molar-refractivity contribution >= 4 is 10.9 Å². The molecule has 7 heteroatoms. The fraction of sp³-hybridized carbons (Fsp3) is 0.323. The topological polar surface area (TPSA) is 62.2 Å². The van der Waals surface area contributed by atoms with Crippen molar-refractivity contribution in [2.24, 2.45) is 0 Å². The van der Waals surface area contributed by atoms with Crippen LogP contribution < -0.4 is 24.4 Å². The van der Waals surface area contributed by atoms with Gasteiger partial charge in [0, 0.05) is 30.7 Å². The van der Waals surface area contributed by atoms with Gasteiger partial charge in [-0.15, -0.1) is 0 Å². The molecule has 7 nitrogen and oxygen atoms in total. The molecule has 1 aliphatic heterocycles. The number of hydrogen-bond acceptors (Lipinski definition) is 6. The summed E-state index contributed by atoms with van der Waals surface area (Å²) in [4.78, 5) is 15.4. The van der Waals surface area contributed by atoms with E-state index in [9.17, 15) is 4.79 Å². The van der Waals surface area contributed by atoms with Gasteiger partial charge in [0.15, 0.2) is 16.9 Å². The van der Waals surface area contributed by atoms with E-state index in [-0.39, 0.29) is 5.43 Å². The Morgan fingerprint density at radius 3 is 1.92 bits per heavy atom. The summed E-state index contributed by atoms with van der Waals surface area (Å²) in [5, 5.41) is 0.621. The highest BCUT2D eigenvalue weighted by atomic mass is 16.5. The maximum Gasteiger partial charge on any atom is 0.189 e. The molecule has 0 unspecified atom stereocenters. The lowest BCUT2D eigenvalue weighted by molar-refractivity contribution is 0.257. The Bertz CT molecular complexity index is 1410. The minimum atomic E-state index is -0.0339. The molecule has 0 bridgehead atoms. The van der Waals surface area contributed by atoms with E-state index >= 15 is 0 Å². The summed E-state index contributed by atoms with van der Waals surface area (Å²) >= 11 is 0. The molecule has 5 rings (SSSR count). The zero-order chi connectivity index (χ0) is 26.3. The summed E-state index contributed by atoms with van der Waals surface area (Å²) in [5.74, 6) is 2.76. The molecule has 198 valence electrons. The first-order chi connectivity index (χ1) is 18.6. The molecule has 3 aromatic carbocycles. The summed E-state index contributed by atoms with van der Waals surface area (Å²) in [5.41, 5.74) is 2.73. The van der Waals surface area contributed by atoms with Crippen LogP contribution in [0.2, 0.25) is 0 Å². The second kappa shape index (κ2) is 12.0. The van der Waals surface area contributed by atoms with E-state index < -0.39 is 0 Å². The van der Waals surface area contributed by atoms with E-state index in [4.69, 9.17) is 18.9 Å². The summed E-state index contributed by atoms with van der Waals surface area (Å²) < 4.78 is 25.4. The predicted octanol–water partition coefficient (Wildman–Crippen LogP) is 5.27. The van der Waals surface area contributed by atoms with E-state index in [1.165, 1.54) is 12.8 Å². The third-order valence-corrected chi connectivity index (χ3v) is 7.01. The van der Waals surface area contributed by atoms with E-state index in [0.717, 1.165) is 54.3 Å². The predicted molar refractivity (Wildman–Crippen MR) is 149 cm³/mol. The molecule has 1 saturated heterocycles. The number of aromatic nitrogens is 1. The molecule has 4 aromatic rings. The first-order valence-corrected chi connectivity index (χ1v) is 13.0. The Kier molecular flexibility index (Phi) is 8.14. The molecule has 0 aliphatic carbocycles. The quantitative estimate of drug-likeness (QED) is 0.272. The first-order valence-electron chi connectivity index (χ1n) is 13.0. The second-order valence-electron chi connectivity index (χ2n) is 9.48. The number of benzene rings is 3. The van der Waals surface area contributed by atoms with E-state index in [0.29, 0.717) is 30.1 Å². The molecule has 0 N–H and O–H groups in total. The van der Waals surface area contributed by atoms with E-state index in [1.54, 1.807) is 20.3 Å². The fourth-order valence-electron chi connectivity index (χ4n) is 4.81. The van der Waals surface area contributed by atoms with E-state index in [1.807, 2.05) is 66.9 Å². The fourth-order valence-corrected chi connectivity index (χ4v) is 4.81. The van der Waals surface area contributed by atoms with E-state index in [2.05, 4.69) is 9.47 Å². The van der Waals surface area contributed by atoms with Crippen LogP contribution in [0, 0.1) is 0 Å². The van der Waals surface area contributed by atoms with Gasteiger partial charge in [0.2, 0.25) is 0 Å². The van der Waals surface area contributed by atoms with Crippen LogP contribution in [0.4, 0.5) is 0 Å². The molecular weight excluding hydrogens is 480 g/mol. The minimum absolute atomic E-state index is 0.0339. The number of methoxy groups -OCH3 is 2. The van der Waals surface area contributed by atoms with Crippen LogP contribution >= 0.6 is 0 Å². The van der Waals surface area contributed by atoms with Crippen molar-refractivity contribution < 1.29 is 18.9 Å². The van der Waals surface area contributed by atoms with Crippen molar-refractivity contribution in [2.75, 3.05) is 33.9 Å². The third kappa shape index (κ3) is 5.94. The molecule has 1 aromatic heterocycles. The molecule has 2 heterocycles. The van der Waals surface area contributed by atoms with Crippen LogP contribution in [0.5, 0.6) is 23.0 Å². The van der Waals surface area contributed by atoms with Crippen molar-refractivity contribution in [1.29, 1.82) is 0 Å². The van der Waals surface area contributed by atoms with Crippen LogP contribution in [0.1, 0.15) is 24.0 Å². The molecule has 0 radical (unpaired) electrons. The van der Waals surface area contributed by atoms with Gasteiger partial charge in [0.05, 0.1) is 19.7 Å². The highest BCUT2D eigenvalue weighted by Gasteiger charge is 2.18. The standard InChI is InChI=1S/C31H34N2O5/c1-35-25-9-5-23(6-10-25)21-37-29-14-13-27-28(34)15-18-33(20-19-32-16-3-4-17-32)30(27)31(29)38-22-24-7-11-26(36-2)12-8-24/h5-15,18H,3-4,16-17,19-22H2,1-2H3. The molecule has 1 fully saturated rings.